The molecule has 3 N–H and O–H groups in total. The van der Waals surface area contributed by atoms with Crippen LogP contribution in [0.25, 0.3) is 11.0 Å². The van der Waals surface area contributed by atoms with Crippen molar-refractivity contribution in [1.29, 1.82) is 0 Å². The number of primary amides is 1. The Labute approximate surface area is 155 Å². The Morgan fingerprint density at radius 3 is 2.56 bits per heavy atom. The van der Waals surface area contributed by atoms with E-state index in [1.54, 1.807) is 12.1 Å². The highest BCUT2D eigenvalue weighted by Crippen LogP contribution is 2.35. The third kappa shape index (κ3) is 2.46. The third-order valence-electron chi connectivity index (χ3n) is 5.56. The lowest BCUT2D eigenvalue weighted by molar-refractivity contribution is 0.0725. The Morgan fingerprint density at radius 2 is 1.85 bits per heavy atom. The van der Waals surface area contributed by atoms with Crippen LogP contribution in [0.3, 0.4) is 0 Å². The zero-order chi connectivity index (χ0) is 18.5. The van der Waals surface area contributed by atoms with Crippen molar-refractivity contribution in [1.82, 2.24) is 14.9 Å². The van der Waals surface area contributed by atoms with Crippen LogP contribution in [0.15, 0.2) is 48.5 Å². The first-order valence-corrected chi connectivity index (χ1v) is 9.03. The molecule has 0 spiro atoms. The first-order valence-electron chi connectivity index (χ1n) is 9.03. The number of likely N-dealkylation sites (tertiary alicyclic amines) is 1. The second-order valence-corrected chi connectivity index (χ2v) is 7.15. The van der Waals surface area contributed by atoms with Crippen molar-refractivity contribution in [2.24, 2.45) is 5.73 Å². The van der Waals surface area contributed by atoms with Gasteiger partial charge in [-0.25, -0.2) is 4.98 Å². The van der Waals surface area contributed by atoms with Gasteiger partial charge in [-0.1, -0.05) is 24.3 Å². The van der Waals surface area contributed by atoms with Crippen LogP contribution in [0.1, 0.15) is 27.1 Å². The standard InChI is InChI=1S/C20H19N5O2/c21-18(26)15-7-4-8-16-17(15)23-20(22-16)25-11-13-9-14(25)10-24(13)19(27)12-5-2-1-3-6-12/h1-8,13-14H,9-11H2,(H2,21,26)(H,22,23)/t13-,14-/m0/s1. The fourth-order valence-corrected chi connectivity index (χ4v) is 4.28. The van der Waals surface area contributed by atoms with E-state index in [-0.39, 0.29) is 18.0 Å². The van der Waals surface area contributed by atoms with Crippen LogP contribution in [-0.4, -0.2) is 51.9 Å². The number of carbonyl (C=O) groups excluding carboxylic acids is 2. The second-order valence-electron chi connectivity index (χ2n) is 7.15. The Morgan fingerprint density at radius 1 is 1.04 bits per heavy atom. The molecule has 2 amide bonds. The lowest BCUT2D eigenvalue weighted by atomic mass is 10.2. The van der Waals surface area contributed by atoms with E-state index in [0.717, 1.165) is 30.0 Å². The van der Waals surface area contributed by atoms with E-state index in [9.17, 15) is 9.59 Å². The maximum atomic E-state index is 12.8. The van der Waals surface area contributed by atoms with Gasteiger partial charge in [0.05, 0.1) is 23.2 Å². The molecule has 5 rings (SSSR count). The molecule has 136 valence electrons. The molecule has 1 aromatic heterocycles. The van der Waals surface area contributed by atoms with Crippen molar-refractivity contribution < 1.29 is 9.59 Å². The first-order chi connectivity index (χ1) is 13.1. The number of nitrogens with two attached hydrogens (primary N) is 1. The molecule has 2 saturated heterocycles. The number of imidazole rings is 1. The van der Waals surface area contributed by atoms with Gasteiger partial charge in [0.25, 0.3) is 11.8 Å². The van der Waals surface area contributed by atoms with Crippen molar-refractivity contribution in [2.45, 2.75) is 18.5 Å². The topological polar surface area (TPSA) is 95.3 Å². The van der Waals surface area contributed by atoms with Gasteiger partial charge in [-0.05, 0) is 30.7 Å². The number of hydrogen-bond acceptors (Lipinski definition) is 4. The number of rotatable bonds is 3. The van der Waals surface area contributed by atoms with Gasteiger partial charge in [0, 0.05) is 18.7 Å². The summed E-state index contributed by atoms with van der Waals surface area (Å²) >= 11 is 0. The van der Waals surface area contributed by atoms with Crippen LogP contribution in [0.2, 0.25) is 0 Å². The highest BCUT2D eigenvalue weighted by molar-refractivity contribution is 6.04. The van der Waals surface area contributed by atoms with E-state index >= 15 is 0 Å². The van der Waals surface area contributed by atoms with Gasteiger partial charge in [-0.3, -0.25) is 9.59 Å². The molecule has 3 aromatic rings. The molecule has 7 heteroatoms. The summed E-state index contributed by atoms with van der Waals surface area (Å²) in [7, 11) is 0. The largest absolute Gasteiger partial charge is 0.366 e. The summed E-state index contributed by atoms with van der Waals surface area (Å²) in [5.41, 5.74) is 7.99. The first kappa shape index (κ1) is 15.9. The van der Waals surface area contributed by atoms with Crippen LogP contribution >= 0.6 is 0 Å². The van der Waals surface area contributed by atoms with Crippen molar-refractivity contribution in [3.8, 4) is 0 Å². The molecular weight excluding hydrogens is 342 g/mol. The number of aromatic amines is 1. The molecule has 2 bridgehead atoms. The number of carbonyl (C=O) groups is 2. The molecule has 2 aliphatic rings. The van der Waals surface area contributed by atoms with E-state index in [0.29, 0.717) is 17.6 Å². The predicted octanol–water partition coefficient (Wildman–Crippen LogP) is 1.77. The SMILES string of the molecule is NC(=O)c1cccc2[nH]c(N3C[C@@H]4C[C@H]3CN4C(=O)c3ccccc3)nc12. The van der Waals surface area contributed by atoms with E-state index in [1.165, 1.54) is 0 Å². The Bertz CT molecular complexity index is 1040. The molecular formula is C20H19N5O2. The number of amides is 2. The monoisotopic (exact) mass is 361 g/mol. The Kier molecular flexibility index (Phi) is 3.43. The van der Waals surface area contributed by atoms with E-state index in [2.05, 4.69) is 14.9 Å². The maximum absolute atomic E-state index is 12.8. The van der Waals surface area contributed by atoms with Gasteiger partial charge in [-0.2, -0.15) is 0 Å². The number of para-hydroxylation sites is 1. The van der Waals surface area contributed by atoms with Crippen LogP contribution in [0.5, 0.6) is 0 Å². The number of aromatic nitrogens is 2. The molecule has 27 heavy (non-hydrogen) atoms. The van der Waals surface area contributed by atoms with E-state index < -0.39 is 5.91 Å². The van der Waals surface area contributed by atoms with Gasteiger partial charge in [-0.15, -0.1) is 0 Å². The zero-order valence-electron chi connectivity index (χ0n) is 14.6. The third-order valence-corrected chi connectivity index (χ3v) is 5.56. The average Bonchev–Trinajstić information content (AvgIpc) is 3.40. The summed E-state index contributed by atoms with van der Waals surface area (Å²) < 4.78 is 0. The minimum atomic E-state index is -0.485. The lowest BCUT2D eigenvalue weighted by Gasteiger charge is -2.34. The minimum absolute atomic E-state index is 0.0865. The number of H-pyrrole nitrogens is 1. The number of hydrogen-bond donors (Lipinski definition) is 2. The fourth-order valence-electron chi connectivity index (χ4n) is 4.28. The van der Waals surface area contributed by atoms with Crippen molar-refractivity contribution in [3.63, 3.8) is 0 Å². The number of nitrogens with one attached hydrogen (secondary N) is 1. The zero-order valence-corrected chi connectivity index (χ0v) is 14.6. The Hall–Kier alpha value is -3.35. The lowest BCUT2D eigenvalue weighted by Crippen LogP contribution is -2.49. The van der Waals surface area contributed by atoms with Crippen LogP contribution in [0.4, 0.5) is 5.95 Å². The molecule has 7 nitrogen and oxygen atoms in total. The van der Waals surface area contributed by atoms with Crippen molar-refractivity contribution in [3.05, 3.63) is 59.7 Å². The number of anilines is 1. The summed E-state index contributed by atoms with van der Waals surface area (Å²) in [5, 5.41) is 0. The van der Waals surface area contributed by atoms with E-state index in [4.69, 9.17) is 5.73 Å². The van der Waals surface area contributed by atoms with Crippen LogP contribution in [-0.2, 0) is 0 Å². The fraction of sp³-hybridized carbons (Fsp3) is 0.250. The second kappa shape index (κ2) is 5.84. The summed E-state index contributed by atoms with van der Waals surface area (Å²) in [4.78, 5) is 36.5. The maximum Gasteiger partial charge on any atom is 0.254 e. The average molecular weight is 361 g/mol. The molecule has 2 atom stereocenters. The molecule has 2 aliphatic heterocycles. The minimum Gasteiger partial charge on any atom is -0.366 e. The van der Waals surface area contributed by atoms with Crippen molar-refractivity contribution >= 4 is 28.8 Å². The molecule has 3 heterocycles. The molecule has 0 radical (unpaired) electrons. The van der Waals surface area contributed by atoms with Crippen LogP contribution < -0.4 is 10.6 Å². The molecule has 0 aliphatic carbocycles. The number of fused-ring (bicyclic) bond motifs is 3. The molecule has 0 unspecified atom stereocenters. The van der Waals surface area contributed by atoms with Gasteiger partial charge in [0.15, 0.2) is 0 Å². The van der Waals surface area contributed by atoms with Gasteiger partial charge >= 0.3 is 0 Å². The predicted molar refractivity (Wildman–Crippen MR) is 102 cm³/mol. The van der Waals surface area contributed by atoms with Gasteiger partial charge in [0.1, 0.15) is 5.52 Å². The number of piperazine rings is 1. The smallest absolute Gasteiger partial charge is 0.254 e. The molecule has 2 aromatic carbocycles. The van der Waals surface area contributed by atoms with Gasteiger partial charge < -0.3 is 20.5 Å². The summed E-state index contributed by atoms with van der Waals surface area (Å²) in [6.07, 6.45) is 0.929. The molecule has 2 fully saturated rings. The normalized spacial score (nSPS) is 21.2. The summed E-state index contributed by atoms with van der Waals surface area (Å²) in [6.45, 7) is 1.41. The highest BCUT2D eigenvalue weighted by Gasteiger charge is 2.46. The highest BCUT2D eigenvalue weighted by atomic mass is 16.2. The number of nitrogens with zero attached hydrogens (tertiary/aromatic N) is 3. The van der Waals surface area contributed by atoms with Crippen LogP contribution in [0, 0.1) is 0 Å². The Balaban J connectivity index is 1.40. The van der Waals surface area contributed by atoms with Gasteiger partial charge in [0.2, 0.25) is 5.95 Å². The summed E-state index contributed by atoms with van der Waals surface area (Å²) in [5.74, 6) is 0.336. The quantitative estimate of drug-likeness (QED) is 0.743. The van der Waals surface area contributed by atoms with Crippen molar-refractivity contribution in [2.75, 3.05) is 18.0 Å². The number of benzene rings is 2. The molecule has 0 saturated carbocycles. The van der Waals surface area contributed by atoms with E-state index in [1.807, 2.05) is 41.3 Å². The summed E-state index contributed by atoms with van der Waals surface area (Å²) in [6, 6.07) is 15.2.